The Kier molecular flexibility index (Phi) is 8.45. The summed E-state index contributed by atoms with van der Waals surface area (Å²) >= 11 is 0. The molecule has 0 spiro atoms. The largest absolute Gasteiger partial charge is 0.385 e. The predicted octanol–water partition coefficient (Wildman–Crippen LogP) is 2.46. The Morgan fingerprint density at radius 2 is 1.89 bits per heavy atom. The smallest absolute Gasteiger partial charge is 0.0641 e. The average molecular weight is 262 g/mol. The lowest BCUT2D eigenvalue weighted by atomic mass is 10.2. The average Bonchev–Trinajstić information content (AvgIpc) is 2.46. The third-order valence-corrected chi connectivity index (χ3v) is 2.76. The number of hydrogen-bond acceptors (Lipinski definition) is 4. The Labute approximate surface area is 115 Å². The third-order valence-electron chi connectivity index (χ3n) is 2.76. The first-order chi connectivity index (χ1) is 9.38. The molecular formula is C15H22N2O2. The summed E-state index contributed by atoms with van der Waals surface area (Å²) < 4.78 is 10.5. The molecule has 0 saturated heterocycles. The number of anilines is 1. The van der Waals surface area contributed by atoms with Crippen LogP contribution in [0.25, 0.3) is 0 Å². The van der Waals surface area contributed by atoms with Crippen LogP contribution in [0.15, 0.2) is 30.3 Å². The molecule has 0 radical (unpaired) electrons. The van der Waals surface area contributed by atoms with Gasteiger partial charge in [-0.3, -0.25) is 0 Å². The fraction of sp³-hybridized carbons (Fsp3) is 0.533. The fourth-order valence-corrected chi connectivity index (χ4v) is 1.78. The lowest BCUT2D eigenvalue weighted by molar-refractivity contribution is 0.107. The van der Waals surface area contributed by atoms with Gasteiger partial charge in [-0.1, -0.05) is 18.2 Å². The van der Waals surface area contributed by atoms with Crippen LogP contribution >= 0.6 is 0 Å². The predicted molar refractivity (Wildman–Crippen MR) is 76.2 cm³/mol. The zero-order valence-corrected chi connectivity index (χ0v) is 11.5. The van der Waals surface area contributed by atoms with Crippen molar-refractivity contribution in [2.24, 2.45) is 0 Å². The van der Waals surface area contributed by atoms with Crippen molar-refractivity contribution in [3.8, 4) is 6.07 Å². The van der Waals surface area contributed by atoms with E-state index in [1.807, 2.05) is 18.2 Å². The summed E-state index contributed by atoms with van der Waals surface area (Å²) in [6.07, 6.45) is 1.44. The van der Waals surface area contributed by atoms with Crippen molar-refractivity contribution in [3.05, 3.63) is 30.3 Å². The number of para-hydroxylation sites is 1. The van der Waals surface area contributed by atoms with Gasteiger partial charge in [-0.25, -0.2) is 0 Å². The van der Waals surface area contributed by atoms with Crippen molar-refractivity contribution in [1.82, 2.24) is 0 Å². The highest BCUT2D eigenvalue weighted by molar-refractivity contribution is 5.45. The lowest BCUT2D eigenvalue weighted by Crippen LogP contribution is -2.28. The van der Waals surface area contributed by atoms with Gasteiger partial charge in [-0.2, -0.15) is 5.26 Å². The summed E-state index contributed by atoms with van der Waals surface area (Å²) in [6.45, 7) is 3.66. The molecule has 1 aromatic rings. The molecule has 0 atom stereocenters. The van der Waals surface area contributed by atoms with Crippen LogP contribution in [0.3, 0.4) is 0 Å². The molecule has 4 nitrogen and oxygen atoms in total. The number of ether oxygens (including phenoxy) is 2. The molecule has 0 saturated carbocycles. The van der Waals surface area contributed by atoms with Crippen LogP contribution in [0.5, 0.6) is 0 Å². The number of nitrogens with zero attached hydrogens (tertiary/aromatic N) is 2. The first-order valence-electron chi connectivity index (χ1n) is 6.62. The van der Waals surface area contributed by atoms with Crippen LogP contribution in [-0.4, -0.2) is 40.0 Å². The van der Waals surface area contributed by atoms with E-state index in [1.165, 1.54) is 0 Å². The van der Waals surface area contributed by atoms with Crippen molar-refractivity contribution >= 4 is 5.69 Å². The van der Waals surface area contributed by atoms with Gasteiger partial charge >= 0.3 is 0 Å². The highest BCUT2D eigenvalue weighted by Gasteiger charge is 2.05. The summed E-state index contributed by atoms with van der Waals surface area (Å²) in [5, 5.41) is 8.71. The van der Waals surface area contributed by atoms with Crippen LogP contribution in [0, 0.1) is 11.3 Å². The van der Waals surface area contributed by atoms with Crippen LogP contribution in [0.2, 0.25) is 0 Å². The SMILES string of the molecule is COCCCOCCN(CCC#N)c1ccccc1. The molecule has 1 aromatic carbocycles. The highest BCUT2D eigenvalue weighted by Crippen LogP contribution is 2.13. The van der Waals surface area contributed by atoms with Crippen LogP contribution in [0.1, 0.15) is 12.8 Å². The van der Waals surface area contributed by atoms with E-state index in [0.717, 1.165) is 31.8 Å². The minimum absolute atomic E-state index is 0.526. The zero-order valence-electron chi connectivity index (χ0n) is 11.5. The summed E-state index contributed by atoms with van der Waals surface area (Å²) in [5.41, 5.74) is 1.14. The van der Waals surface area contributed by atoms with Gasteiger partial charge in [0, 0.05) is 39.1 Å². The molecule has 0 bridgehead atoms. The Morgan fingerprint density at radius 1 is 1.11 bits per heavy atom. The molecule has 0 aliphatic carbocycles. The number of hydrogen-bond donors (Lipinski definition) is 0. The van der Waals surface area contributed by atoms with Gasteiger partial charge in [0.1, 0.15) is 0 Å². The van der Waals surface area contributed by atoms with E-state index < -0.39 is 0 Å². The molecule has 0 aliphatic rings. The molecular weight excluding hydrogens is 240 g/mol. The van der Waals surface area contributed by atoms with Crippen molar-refractivity contribution in [2.75, 3.05) is 44.9 Å². The topological polar surface area (TPSA) is 45.5 Å². The van der Waals surface area contributed by atoms with Crippen molar-refractivity contribution < 1.29 is 9.47 Å². The number of rotatable bonds is 10. The standard InChI is InChI=1S/C15H22N2O2/c1-18-12-6-13-19-14-11-17(10-5-9-16)15-7-3-2-4-8-15/h2-4,7-8H,5-6,10-14H2,1H3. The molecule has 0 amide bonds. The molecule has 0 heterocycles. The lowest BCUT2D eigenvalue weighted by Gasteiger charge is -2.23. The van der Waals surface area contributed by atoms with Crippen LogP contribution in [-0.2, 0) is 9.47 Å². The monoisotopic (exact) mass is 262 g/mol. The molecule has 0 fully saturated rings. The molecule has 0 aromatic heterocycles. The van der Waals surface area contributed by atoms with Gasteiger partial charge in [0.05, 0.1) is 19.1 Å². The second-order valence-corrected chi connectivity index (χ2v) is 4.19. The third kappa shape index (κ3) is 6.80. The van der Waals surface area contributed by atoms with E-state index in [2.05, 4.69) is 23.1 Å². The number of nitriles is 1. The second-order valence-electron chi connectivity index (χ2n) is 4.19. The Bertz CT molecular complexity index is 362. The van der Waals surface area contributed by atoms with Crippen molar-refractivity contribution in [2.45, 2.75) is 12.8 Å². The molecule has 1 rings (SSSR count). The van der Waals surface area contributed by atoms with Gasteiger partial charge in [-0.05, 0) is 18.6 Å². The summed E-state index contributed by atoms with van der Waals surface area (Å²) in [4.78, 5) is 2.18. The second kappa shape index (κ2) is 10.4. The Balaban J connectivity index is 2.32. The summed E-state index contributed by atoms with van der Waals surface area (Å²) in [7, 11) is 1.69. The van der Waals surface area contributed by atoms with Gasteiger partial charge in [-0.15, -0.1) is 0 Å². The van der Waals surface area contributed by atoms with E-state index in [1.54, 1.807) is 7.11 Å². The first-order valence-corrected chi connectivity index (χ1v) is 6.62. The Morgan fingerprint density at radius 3 is 2.58 bits per heavy atom. The van der Waals surface area contributed by atoms with E-state index in [0.29, 0.717) is 19.6 Å². The maximum Gasteiger partial charge on any atom is 0.0641 e. The quantitative estimate of drug-likeness (QED) is 0.608. The van der Waals surface area contributed by atoms with Crippen LogP contribution in [0.4, 0.5) is 5.69 Å². The van der Waals surface area contributed by atoms with E-state index >= 15 is 0 Å². The van der Waals surface area contributed by atoms with E-state index in [4.69, 9.17) is 14.7 Å². The molecule has 19 heavy (non-hydrogen) atoms. The van der Waals surface area contributed by atoms with Gasteiger partial charge < -0.3 is 14.4 Å². The van der Waals surface area contributed by atoms with E-state index in [9.17, 15) is 0 Å². The van der Waals surface area contributed by atoms with E-state index in [-0.39, 0.29) is 0 Å². The van der Waals surface area contributed by atoms with Gasteiger partial charge in [0.25, 0.3) is 0 Å². The highest BCUT2D eigenvalue weighted by atomic mass is 16.5. The minimum atomic E-state index is 0.526. The minimum Gasteiger partial charge on any atom is -0.385 e. The maximum absolute atomic E-state index is 8.71. The van der Waals surface area contributed by atoms with Crippen molar-refractivity contribution in [3.63, 3.8) is 0 Å². The van der Waals surface area contributed by atoms with Crippen LogP contribution < -0.4 is 4.90 Å². The molecule has 4 heteroatoms. The van der Waals surface area contributed by atoms with Crippen molar-refractivity contribution in [1.29, 1.82) is 5.26 Å². The zero-order chi connectivity index (χ0) is 13.8. The summed E-state index contributed by atoms with van der Waals surface area (Å²) in [6, 6.07) is 12.3. The summed E-state index contributed by atoms with van der Waals surface area (Å²) in [5.74, 6) is 0. The molecule has 0 unspecified atom stereocenters. The normalized spacial score (nSPS) is 10.1. The number of benzene rings is 1. The maximum atomic E-state index is 8.71. The molecule has 0 N–H and O–H groups in total. The number of methoxy groups -OCH3 is 1. The molecule has 104 valence electrons. The van der Waals surface area contributed by atoms with Gasteiger partial charge in [0.15, 0.2) is 0 Å². The first kappa shape index (κ1) is 15.5. The Hall–Kier alpha value is -1.57. The van der Waals surface area contributed by atoms with Gasteiger partial charge in [0.2, 0.25) is 0 Å². The molecule has 0 aliphatic heterocycles. The fourth-order valence-electron chi connectivity index (χ4n) is 1.78.